The Hall–Kier alpha value is -2.53. The van der Waals surface area contributed by atoms with Crippen LogP contribution in [0, 0.1) is 6.92 Å². The molecule has 128 valence electrons. The van der Waals surface area contributed by atoms with Crippen LogP contribution in [0.1, 0.15) is 12.0 Å². The molecule has 0 radical (unpaired) electrons. The highest BCUT2D eigenvalue weighted by atomic mass is 16.5. The molecule has 24 heavy (non-hydrogen) atoms. The second kappa shape index (κ2) is 9.57. The predicted octanol–water partition coefficient (Wildman–Crippen LogP) is 3.00. The number of carbonyl (C=O) groups is 1. The van der Waals surface area contributed by atoms with E-state index in [0.717, 1.165) is 22.7 Å². The van der Waals surface area contributed by atoms with Crippen molar-refractivity contribution in [3.8, 4) is 11.5 Å². The summed E-state index contributed by atoms with van der Waals surface area (Å²) in [6, 6.07) is 15.2. The summed E-state index contributed by atoms with van der Waals surface area (Å²) < 4.78 is 10.7. The van der Waals surface area contributed by atoms with Crippen LogP contribution in [0.2, 0.25) is 0 Å². The molecule has 2 aromatic rings. The van der Waals surface area contributed by atoms with Crippen LogP contribution in [0.25, 0.3) is 0 Å². The van der Waals surface area contributed by atoms with Gasteiger partial charge in [-0.05, 0) is 48.9 Å². The monoisotopic (exact) mass is 328 g/mol. The first-order valence-corrected chi connectivity index (χ1v) is 8.01. The summed E-state index contributed by atoms with van der Waals surface area (Å²) in [6.45, 7) is 3.85. The molecule has 2 N–H and O–H groups in total. The van der Waals surface area contributed by atoms with Crippen LogP contribution in [-0.2, 0) is 4.79 Å². The lowest BCUT2D eigenvalue weighted by molar-refractivity contribution is -0.116. The smallest absolute Gasteiger partial charge is 0.225 e. The Bertz CT molecular complexity index is 641. The van der Waals surface area contributed by atoms with Gasteiger partial charge >= 0.3 is 0 Å². The first-order chi connectivity index (χ1) is 11.7. The predicted molar refractivity (Wildman–Crippen MR) is 95.8 cm³/mol. The number of nitrogens with one attached hydrogen (secondary N) is 2. The standard InChI is InChI=1S/C19H24N2O3/c1-15-4-3-5-16(14-15)21-19(22)10-11-20-12-13-24-18-8-6-17(23-2)7-9-18/h3-9,14,20H,10-13H2,1-2H3,(H,21,22). The van der Waals surface area contributed by atoms with Crippen molar-refractivity contribution >= 4 is 11.6 Å². The van der Waals surface area contributed by atoms with E-state index in [0.29, 0.717) is 26.1 Å². The number of carbonyl (C=O) groups excluding carboxylic acids is 1. The van der Waals surface area contributed by atoms with Gasteiger partial charge in [0.15, 0.2) is 0 Å². The van der Waals surface area contributed by atoms with E-state index in [1.807, 2.05) is 55.5 Å². The van der Waals surface area contributed by atoms with Gasteiger partial charge < -0.3 is 20.1 Å². The van der Waals surface area contributed by atoms with Crippen LogP contribution in [-0.4, -0.2) is 32.7 Å². The van der Waals surface area contributed by atoms with Gasteiger partial charge in [0.25, 0.3) is 0 Å². The molecule has 2 rings (SSSR count). The minimum absolute atomic E-state index is 0.00386. The normalized spacial score (nSPS) is 10.2. The summed E-state index contributed by atoms with van der Waals surface area (Å²) in [6.07, 6.45) is 0.427. The summed E-state index contributed by atoms with van der Waals surface area (Å²) in [5.74, 6) is 1.61. The fourth-order valence-electron chi connectivity index (χ4n) is 2.19. The molecule has 0 spiro atoms. The Morgan fingerprint density at radius 1 is 1.04 bits per heavy atom. The molecule has 5 nitrogen and oxygen atoms in total. The van der Waals surface area contributed by atoms with E-state index in [4.69, 9.17) is 9.47 Å². The maximum Gasteiger partial charge on any atom is 0.225 e. The van der Waals surface area contributed by atoms with Gasteiger partial charge in [-0.25, -0.2) is 0 Å². The van der Waals surface area contributed by atoms with Crippen molar-refractivity contribution in [1.29, 1.82) is 0 Å². The highest BCUT2D eigenvalue weighted by Crippen LogP contribution is 2.16. The molecule has 0 aromatic heterocycles. The van der Waals surface area contributed by atoms with E-state index in [1.165, 1.54) is 0 Å². The third-order valence-electron chi connectivity index (χ3n) is 3.44. The van der Waals surface area contributed by atoms with Gasteiger partial charge in [-0.2, -0.15) is 0 Å². The molecule has 0 fully saturated rings. The van der Waals surface area contributed by atoms with Crippen molar-refractivity contribution in [2.45, 2.75) is 13.3 Å². The third-order valence-corrected chi connectivity index (χ3v) is 3.44. The number of methoxy groups -OCH3 is 1. The van der Waals surface area contributed by atoms with E-state index in [9.17, 15) is 4.79 Å². The Kier molecular flexibility index (Phi) is 7.11. The number of anilines is 1. The second-order valence-electron chi connectivity index (χ2n) is 5.44. The molecule has 0 saturated heterocycles. The van der Waals surface area contributed by atoms with Crippen molar-refractivity contribution in [2.24, 2.45) is 0 Å². The summed E-state index contributed by atoms with van der Waals surface area (Å²) in [5, 5.41) is 6.08. The highest BCUT2D eigenvalue weighted by Gasteiger charge is 2.02. The SMILES string of the molecule is COc1ccc(OCCNCCC(=O)Nc2cccc(C)c2)cc1. The summed E-state index contributed by atoms with van der Waals surface area (Å²) in [7, 11) is 1.63. The van der Waals surface area contributed by atoms with Gasteiger partial charge in [0.05, 0.1) is 7.11 Å². The zero-order valence-corrected chi connectivity index (χ0v) is 14.2. The molecule has 0 unspecified atom stereocenters. The van der Waals surface area contributed by atoms with E-state index in [1.54, 1.807) is 7.11 Å². The lowest BCUT2D eigenvalue weighted by Crippen LogP contribution is -2.25. The number of hydrogen-bond donors (Lipinski definition) is 2. The van der Waals surface area contributed by atoms with Crippen LogP contribution in [0.15, 0.2) is 48.5 Å². The van der Waals surface area contributed by atoms with E-state index in [-0.39, 0.29) is 5.91 Å². The van der Waals surface area contributed by atoms with E-state index in [2.05, 4.69) is 10.6 Å². The van der Waals surface area contributed by atoms with Gasteiger partial charge in [-0.1, -0.05) is 12.1 Å². The van der Waals surface area contributed by atoms with Gasteiger partial charge in [0, 0.05) is 25.2 Å². The molecule has 0 atom stereocenters. The molecule has 1 amide bonds. The zero-order valence-electron chi connectivity index (χ0n) is 14.2. The summed E-state index contributed by atoms with van der Waals surface area (Å²) >= 11 is 0. The van der Waals surface area contributed by atoms with Gasteiger partial charge in [0.2, 0.25) is 5.91 Å². The van der Waals surface area contributed by atoms with Gasteiger partial charge in [-0.15, -0.1) is 0 Å². The topological polar surface area (TPSA) is 59.6 Å². The molecule has 0 bridgehead atoms. The quantitative estimate of drug-likeness (QED) is 0.695. The summed E-state index contributed by atoms with van der Waals surface area (Å²) in [4.78, 5) is 11.8. The van der Waals surface area contributed by atoms with E-state index < -0.39 is 0 Å². The molecular weight excluding hydrogens is 304 g/mol. The van der Waals surface area contributed by atoms with Crippen LogP contribution in [0.4, 0.5) is 5.69 Å². The molecule has 0 aliphatic carbocycles. The van der Waals surface area contributed by atoms with Crippen molar-refractivity contribution < 1.29 is 14.3 Å². The maximum atomic E-state index is 11.8. The number of benzene rings is 2. The fraction of sp³-hybridized carbons (Fsp3) is 0.316. The molecule has 0 aliphatic rings. The molecule has 0 saturated carbocycles. The second-order valence-corrected chi connectivity index (χ2v) is 5.44. The van der Waals surface area contributed by atoms with Crippen LogP contribution in [0.3, 0.4) is 0 Å². The molecular formula is C19H24N2O3. The minimum Gasteiger partial charge on any atom is -0.497 e. The highest BCUT2D eigenvalue weighted by molar-refractivity contribution is 5.90. The Balaban J connectivity index is 1.56. The number of rotatable bonds is 9. The zero-order chi connectivity index (χ0) is 17.2. The minimum atomic E-state index is 0.00386. The number of aryl methyl sites for hydroxylation is 1. The average molecular weight is 328 g/mol. The third kappa shape index (κ3) is 6.30. The largest absolute Gasteiger partial charge is 0.497 e. The first-order valence-electron chi connectivity index (χ1n) is 8.01. The molecule has 0 heterocycles. The first kappa shape index (κ1) is 17.8. The fourth-order valence-corrected chi connectivity index (χ4v) is 2.19. The van der Waals surface area contributed by atoms with E-state index >= 15 is 0 Å². The molecule has 5 heteroatoms. The summed E-state index contributed by atoms with van der Waals surface area (Å²) in [5.41, 5.74) is 1.96. The Morgan fingerprint density at radius 2 is 1.79 bits per heavy atom. The van der Waals surface area contributed by atoms with Gasteiger partial charge in [-0.3, -0.25) is 4.79 Å². The Morgan fingerprint density at radius 3 is 2.50 bits per heavy atom. The lowest BCUT2D eigenvalue weighted by Gasteiger charge is -2.09. The molecule has 2 aromatic carbocycles. The van der Waals surface area contributed by atoms with Crippen LogP contribution in [0.5, 0.6) is 11.5 Å². The maximum absolute atomic E-state index is 11.8. The molecule has 0 aliphatic heterocycles. The lowest BCUT2D eigenvalue weighted by atomic mass is 10.2. The van der Waals surface area contributed by atoms with Crippen LogP contribution >= 0.6 is 0 Å². The Labute approximate surface area is 143 Å². The van der Waals surface area contributed by atoms with Crippen molar-refractivity contribution in [2.75, 3.05) is 32.1 Å². The van der Waals surface area contributed by atoms with Crippen molar-refractivity contribution in [3.05, 3.63) is 54.1 Å². The number of hydrogen-bond acceptors (Lipinski definition) is 4. The van der Waals surface area contributed by atoms with Gasteiger partial charge in [0.1, 0.15) is 18.1 Å². The van der Waals surface area contributed by atoms with Crippen molar-refractivity contribution in [3.63, 3.8) is 0 Å². The number of ether oxygens (including phenoxy) is 2. The average Bonchev–Trinajstić information content (AvgIpc) is 2.58. The number of amides is 1. The van der Waals surface area contributed by atoms with Crippen molar-refractivity contribution in [1.82, 2.24) is 5.32 Å². The van der Waals surface area contributed by atoms with Crippen LogP contribution < -0.4 is 20.1 Å².